The second-order valence-corrected chi connectivity index (χ2v) is 17.8. The standard InChI is InChI=1S/C49H57NO13/c1-9-48(63-30(5)52)27(2)25-35(53)47(8)40(48)42(62-44(57)33-23-17-12-18-24-33)49(59)26-34(28(3)36(46(49,6)7)39(41(47)55)60-29(4)51)61-45(58)38(54)37(31-19-13-10-14-20-31)50-43(56)32-21-15-11-16-22-32/h10-24,27,34-35,37-40,42,53-54,59H,9,25-26H2,1-8H3,(H,50,56)/t27-,34+,35+,37+,38-,39-,40+,42+,47-,48+,49-/m1/s1. The average Bonchev–Trinajstić information content (AvgIpc) is 3.25. The Balaban J connectivity index is 1.56. The van der Waals surface area contributed by atoms with Crippen molar-refractivity contribution < 1.29 is 63.0 Å². The normalized spacial score (nSPS) is 30.9. The number of benzene rings is 3. The van der Waals surface area contributed by atoms with E-state index in [4.69, 9.17) is 18.9 Å². The summed E-state index contributed by atoms with van der Waals surface area (Å²) in [7, 11) is 0. The Morgan fingerprint density at radius 2 is 1.38 bits per heavy atom. The van der Waals surface area contributed by atoms with Crippen LogP contribution in [0.1, 0.15) is 107 Å². The Morgan fingerprint density at radius 1 is 0.825 bits per heavy atom. The van der Waals surface area contributed by atoms with Crippen LogP contribution >= 0.6 is 0 Å². The number of ether oxygens (including phenoxy) is 4. The first-order chi connectivity index (χ1) is 29.6. The summed E-state index contributed by atoms with van der Waals surface area (Å²) >= 11 is 0. The minimum atomic E-state index is -2.37. The predicted octanol–water partition coefficient (Wildman–Crippen LogP) is 5.38. The third-order valence-electron chi connectivity index (χ3n) is 14.0. The number of amides is 1. The Bertz CT molecular complexity index is 2260. The van der Waals surface area contributed by atoms with Crippen LogP contribution < -0.4 is 5.32 Å². The van der Waals surface area contributed by atoms with Gasteiger partial charge in [-0.2, -0.15) is 0 Å². The predicted molar refractivity (Wildman–Crippen MR) is 227 cm³/mol. The van der Waals surface area contributed by atoms with Gasteiger partial charge in [-0.15, -0.1) is 0 Å². The van der Waals surface area contributed by atoms with Crippen molar-refractivity contribution in [1.29, 1.82) is 0 Å². The number of hydrogen-bond donors (Lipinski definition) is 4. The summed E-state index contributed by atoms with van der Waals surface area (Å²) in [6.45, 7) is 11.9. The van der Waals surface area contributed by atoms with E-state index < -0.39 is 112 Å². The summed E-state index contributed by atoms with van der Waals surface area (Å²) < 4.78 is 24.8. The molecule has 0 saturated heterocycles. The van der Waals surface area contributed by atoms with Crippen LogP contribution in [-0.4, -0.2) is 92.6 Å². The van der Waals surface area contributed by atoms with Gasteiger partial charge in [0.15, 0.2) is 18.0 Å². The van der Waals surface area contributed by atoms with Gasteiger partial charge in [0.1, 0.15) is 23.4 Å². The summed E-state index contributed by atoms with van der Waals surface area (Å²) in [5, 5.41) is 40.5. The molecule has 4 N–H and O–H groups in total. The van der Waals surface area contributed by atoms with Crippen molar-refractivity contribution >= 4 is 35.6 Å². The van der Waals surface area contributed by atoms with Gasteiger partial charge in [0, 0.05) is 31.2 Å². The summed E-state index contributed by atoms with van der Waals surface area (Å²) in [4.78, 5) is 84.0. The molecule has 0 spiro atoms. The second-order valence-electron chi connectivity index (χ2n) is 17.8. The van der Waals surface area contributed by atoms with Crippen molar-refractivity contribution in [2.45, 2.75) is 122 Å². The molecule has 63 heavy (non-hydrogen) atoms. The number of hydrogen-bond acceptors (Lipinski definition) is 13. The maximum atomic E-state index is 15.6. The van der Waals surface area contributed by atoms with Gasteiger partial charge in [-0.05, 0) is 73.6 Å². The second kappa shape index (κ2) is 17.8. The number of aliphatic hydroxyl groups excluding tert-OH is 2. The Kier molecular flexibility index (Phi) is 13.2. The van der Waals surface area contributed by atoms with E-state index in [9.17, 15) is 39.3 Å². The third kappa shape index (κ3) is 8.20. The molecule has 3 aromatic rings. The van der Waals surface area contributed by atoms with Crippen LogP contribution in [0.25, 0.3) is 0 Å². The van der Waals surface area contributed by atoms with Gasteiger partial charge < -0.3 is 39.6 Å². The minimum absolute atomic E-state index is 0.0153. The van der Waals surface area contributed by atoms with Crippen LogP contribution in [0.2, 0.25) is 0 Å². The summed E-state index contributed by atoms with van der Waals surface area (Å²) in [6.07, 6.45) is -9.15. The minimum Gasteiger partial charge on any atom is -0.458 e. The molecule has 14 nitrogen and oxygen atoms in total. The lowest BCUT2D eigenvalue weighted by molar-refractivity contribution is -0.274. The van der Waals surface area contributed by atoms with E-state index in [-0.39, 0.29) is 35.1 Å². The van der Waals surface area contributed by atoms with E-state index in [2.05, 4.69) is 5.32 Å². The number of esters is 4. The number of ketones is 1. The third-order valence-corrected chi connectivity index (χ3v) is 14.0. The van der Waals surface area contributed by atoms with Gasteiger partial charge in [-0.3, -0.25) is 19.2 Å². The zero-order valence-corrected chi connectivity index (χ0v) is 36.8. The first-order valence-electron chi connectivity index (χ1n) is 21.2. The van der Waals surface area contributed by atoms with Crippen LogP contribution in [0, 0.1) is 22.7 Å². The summed E-state index contributed by atoms with van der Waals surface area (Å²) in [6, 6.07) is 23.1. The van der Waals surface area contributed by atoms with E-state index in [0.29, 0.717) is 5.56 Å². The fourth-order valence-corrected chi connectivity index (χ4v) is 10.5. The Hall–Kier alpha value is -5.70. The van der Waals surface area contributed by atoms with Crippen molar-refractivity contribution in [2.75, 3.05) is 0 Å². The topological polar surface area (TPSA) is 212 Å². The molecule has 3 aliphatic rings. The molecule has 0 radical (unpaired) electrons. The van der Waals surface area contributed by atoms with Crippen molar-refractivity contribution in [2.24, 2.45) is 22.7 Å². The van der Waals surface area contributed by atoms with E-state index in [1.54, 1.807) is 107 Å². The molecule has 0 aliphatic heterocycles. The van der Waals surface area contributed by atoms with Gasteiger partial charge in [0.25, 0.3) is 5.91 Å². The molecular formula is C49H57NO13. The SMILES string of the molecule is CC[C@]1(OC(C)=O)[C@H](C)C[C@H](O)[C@@]2(C)C(=O)[C@H](OC(C)=O)C3=C(C)[C@@H](OC(=O)[C@H](O)[C@@H](NC(=O)c4ccccc4)c4ccccc4)C[C@@](O)([C@@H](OC(=O)c4ccccc4)[C@H]12)C3(C)C. The van der Waals surface area contributed by atoms with Crippen molar-refractivity contribution in [3.63, 3.8) is 0 Å². The Morgan fingerprint density at radius 3 is 1.92 bits per heavy atom. The van der Waals surface area contributed by atoms with Crippen molar-refractivity contribution in [3.05, 3.63) is 119 Å². The molecule has 11 atom stereocenters. The molecule has 2 bridgehead atoms. The fourth-order valence-electron chi connectivity index (χ4n) is 10.5. The summed E-state index contributed by atoms with van der Waals surface area (Å²) in [5.74, 6) is -7.34. The maximum absolute atomic E-state index is 15.6. The lowest BCUT2D eigenvalue weighted by atomic mass is 9.44. The van der Waals surface area contributed by atoms with E-state index in [1.165, 1.54) is 32.9 Å². The zero-order chi connectivity index (χ0) is 46.2. The number of carbonyl (C=O) groups is 6. The quantitative estimate of drug-likeness (QED) is 0.108. The zero-order valence-electron chi connectivity index (χ0n) is 36.8. The molecule has 2 saturated carbocycles. The number of fused-ring (bicyclic) bond motifs is 3. The molecule has 14 heteroatoms. The van der Waals surface area contributed by atoms with Crippen LogP contribution in [0.3, 0.4) is 0 Å². The van der Waals surface area contributed by atoms with Gasteiger partial charge in [0.2, 0.25) is 0 Å². The van der Waals surface area contributed by atoms with Gasteiger partial charge in [-0.1, -0.05) is 94.4 Å². The van der Waals surface area contributed by atoms with Crippen LogP contribution in [-0.2, 0) is 38.1 Å². The number of Topliss-reactive ketones (excluding diaryl/α,β-unsaturated/α-hetero) is 1. The van der Waals surface area contributed by atoms with Gasteiger partial charge >= 0.3 is 23.9 Å². The molecule has 2 fully saturated rings. The largest absolute Gasteiger partial charge is 0.458 e. The number of carbonyl (C=O) groups excluding carboxylic acids is 6. The molecule has 3 aliphatic carbocycles. The molecule has 1 amide bonds. The molecular weight excluding hydrogens is 811 g/mol. The van der Waals surface area contributed by atoms with Crippen LogP contribution in [0.15, 0.2) is 102 Å². The first-order valence-corrected chi connectivity index (χ1v) is 21.2. The smallest absolute Gasteiger partial charge is 0.338 e. The molecule has 336 valence electrons. The highest BCUT2D eigenvalue weighted by Crippen LogP contribution is 2.64. The lowest BCUT2D eigenvalue weighted by Crippen LogP contribution is -2.76. The van der Waals surface area contributed by atoms with Crippen LogP contribution in [0.5, 0.6) is 0 Å². The van der Waals surface area contributed by atoms with Gasteiger partial charge in [-0.25, -0.2) is 9.59 Å². The average molecular weight is 868 g/mol. The van der Waals surface area contributed by atoms with E-state index >= 15 is 4.79 Å². The van der Waals surface area contributed by atoms with Crippen LogP contribution in [0.4, 0.5) is 0 Å². The highest BCUT2D eigenvalue weighted by Gasteiger charge is 2.75. The van der Waals surface area contributed by atoms with Crippen molar-refractivity contribution in [3.8, 4) is 0 Å². The molecule has 0 unspecified atom stereocenters. The molecule has 0 aromatic heterocycles. The lowest BCUT2D eigenvalue weighted by Gasteiger charge is -2.65. The molecule has 3 aromatic carbocycles. The highest BCUT2D eigenvalue weighted by molar-refractivity contribution is 5.96. The molecule has 6 rings (SSSR count). The van der Waals surface area contributed by atoms with Gasteiger partial charge in [0.05, 0.1) is 29.0 Å². The van der Waals surface area contributed by atoms with E-state index in [1.807, 2.05) is 0 Å². The van der Waals surface area contributed by atoms with Crippen molar-refractivity contribution in [1.82, 2.24) is 5.32 Å². The monoisotopic (exact) mass is 867 g/mol. The summed E-state index contributed by atoms with van der Waals surface area (Å²) in [5.41, 5.74) is -6.81. The number of nitrogens with one attached hydrogen (secondary N) is 1. The number of rotatable bonds is 11. The number of aliphatic hydroxyl groups is 3. The fraction of sp³-hybridized carbons (Fsp3) is 0.469. The first kappa shape index (κ1) is 46.8. The van der Waals surface area contributed by atoms with E-state index in [0.717, 1.165) is 6.92 Å². The Labute approximate surface area is 367 Å². The maximum Gasteiger partial charge on any atom is 0.338 e. The molecule has 0 heterocycles. The highest BCUT2D eigenvalue weighted by atomic mass is 16.6.